The van der Waals surface area contributed by atoms with Gasteiger partial charge in [-0.05, 0) is 29.8 Å². The molecule has 0 bridgehead atoms. The zero-order valence-electron chi connectivity index (χ0n) is 13.2. The van der Waals surface area contributed by atoms with Crippen LogP contribution in [0.5, 0.6) is 0 Å². The summed E-state index contributed by atoms with van der Waals surface area (Å²) in [4.78, 5) is 20.5. The first-order valence-electron chi connectivity index (χ1n) is 7.54. The Bertz CT molecular complexity index is 842. The van der Waals surface area contributed by atoms with Crippen LogP contribution in [0.2, 0.25) is 0 Å². The highest BCUT2D eigenvalue weighted by Crippen LogP contribution is 2.10. The van der Waals surface area contributed by atoms with Crippen LogP contribution in [0, 0.1) is 5.82 Å². The molecule has 5 nitrogen and oxygen atoms in total. The number of carbonyl (C=O) groups is 1. The van der Waals surface area contributed by atoms with Crippen LogP contribution >= 0.6 is 0 Å². The van der Waals surface area contributed by atoms with E-state index >= 15 is 0 Å². The normalized spacial score (nSPS) is 10.6. The third kappa shape index (κ3) is 4.04. The van der Waals surface area contributed by atoms with Crippen molar-refractivity contribution < 1.29 is 9.18 Å². The summed E-state index contributed by atoms with van der Waals surface area (Å²) in [5.41, 5.74) is 2.90. The fourth-order valence-corrected chi connectivity index (χ4v) is 2.35. The van der Waals surface area contributed by atoms with Crippen molar-refractivity contribution in [2.75, 3.05) is 0 Å². The number of nitrogens with one attached hydrogen (secondary N) is 1. The van der Waals surface area contributed by atoms with Crippen LogP contribution in [-0.2, 0) is 20.0 Å². The van der Waals surface area contributed by atoms with Crippen LogP contribution in [-0.4, -0.2) is 20.4 Å². The maximum atomic E-state index is 13.2. The van der Waals surface area contributed by atoms with Gasteiger partial charge in [-0.15, -0.1) is 0 Å². The lowest BCUT2D eigenvalue weighted by Gasteiger charge is -2.05. The second-order valence-electron chi connectivity index (χ2n) is 5.56. The molecule has 0 aliphatic rings. The molecular weight excluding hydrogens is 307 g/mol. The van der Waals surface area contributed by atoms with Crippen molar-refractivity contribution in [2.45, 2.75) is 13.0 Å². The van der Waals surface area contributed by atoms with E-state index in [0.717, 1.165) is 17.0 Å². The van der Waals surface area contributed by atoms with E-state index in [-0.39, 0.29) is 11.7 Å². The third-order valence-electron chi connectivity index (χ3n) is 3.55. The van der Waals surface area contributed by atoms with Gasteiger partial charge in [0.1, 0.15) is 5.82 Å². The van der Waals surface area contributed by atoms with E-state index in [1.165, 1.54) is 18.3 Å². The van der Waals surface area contributed by atoms with Crippen molar-refractivity contribution >= 4 is 5.91 Å². The Hall–Kier alpha value is -3.02. The number of pyridine rings is 1. The van der Waals surface area contributed by atoms with E-state index in [9.17, 15) is 9.18 Å². The van der Waals surface area contributed by atoms with Gasteiger partial charge in [-0.3, -0.25) is 9.78 Å². The highest BCUT2D eigenvalue weighted by Gasteiger charge is 2.07. The Balaban J connectivity index is 1.60. The Labute approximate surface area is 139 Å². The van der Waals surface area contributed by atoms with Gasteiger partial charge in [0.25, 0.3) is 5.91 Å². The molecule has 1 aromatic carbocycles. The van der Waals surface area contributed by atoms with Crippen molar-refractivity contribution in [2.24, 2.45) is 7.05 Å². The number of carbonyl (C=O) groups excluding carboxylic acids is 1. The minimum absolute atomic E-state index is 0.203. The molecule has 24 heavy (non-hydrogen) atoms. The summed E-state index contributed by atoms with van der Waals surface area (Å²) in [7, 11) is 1.87. The Kier molecular flexibility index (Phi) is 4.65. The fraction of sp³-hybridized carbons (Fsp3) is 0.167. The molecule has 6 heteroatoms. The molecule has 0 radical (unpaired) electrons. The predicted octanol–water partition coefficient (Wildman–Crippen LogP) is 2.48. The first kappa shape index (κ1) is 15.9. The van der Waals surface area contributed by atoms with E-state index in [1.54, 1.807) is 24.5 Å². The third-order valence-corrected chi connectivity index (χ3v) is 3.55. The number of rotatable bonds is 5. The van der Waals surface area contributed by atoms with Gasteiger partial charge in [0.2, 0.25) is 0 Å². The van der Waals surface area contributed by atoms with Crippen molar-refractivity contribution in [3.05, 3.63) is 83.5 Å². The molecule has 2 heterocycles. The molecule has 3 aromatic rings. The number of hydrogen-bond donors (Lipinski definition) is 1. The summed E-state index contributed by atoms with van der Waals surface area (Å²) < 4.78 is 15.0. The second-order valence-corrected chi connectivity index (χ2v) is 5.56. The Morgan fingerprint density at radius 2 is 2.08 bits per heavy atom. The number of aryl methyl sites for hydroxylation is 1. The fourth-order valence-electron chi connectivity index (χ4n) is 2.35. The zero-order chi connectivity index (χ0) is 16.9. The van der Waals surface area contributed by atoms with Crippen LogP contribution in [0.4, 0.5) is 4.39 Å². The van der Waals surface area contributed by atoms with Crippen molar-refractivity contribution in [1.29, 1.82) is 0 Å². The van der Waals surface area contributed by atoms with Gasteiger partial charge in [0.15, 0.2) is 0 Å². The number of amides is 1. The van der Waals surface area contributed by atoms with Crippen LogP contribution in [0.25, 0.3) is 0 Å². The minimum atomic E-state index is -0.266. The quantitative estimate of drug-likeness (QED) is 0.784. The maximum absolute atomic E-state index is 13.2. The molecule has 1 amide bonds. The number of aromatic nitrogens is 3. The molecule has 0 aliphatic heterocycles. The highest BCUT2D eigenvalue weighted by atomic mass is 19.1. The van der Waals surface area contributed by atoms with Gasteiger partial charge in [-0.1, -0.05) is 12.1 Å². The van der Waals surface area contributed by atoms with Gasteiger partial charge in [-0.25, -0.2) is 9.37 Å². The van der Waals surface area contributed by atoms with Gasteiger partial charge in [-0.2, -0.15) is 0 Å². The van der Waals surface area contributed by atoms with E-state index in [2.05, 4.69) is 15.3 Å². The topological polar surface area (TPSA) is 59.8 Å². The van der Waals surface area contributed by atoms with E-state index < -0.39 is 0 Å². The summed E-state index contributed by atoms with van der Waals surface area (Å²) in [5, 5.41) is 2.80. The van der Waals surface area contributed by atoms with Crippen LogP contribution in [0.1, 0.15) is 27.3 Å². The van der Waals surface area contributed by atoms with E-state index in [4.69, 9.17) is 0 Å². The maximum Gasteiger partial charge on any atom is 0.253 e. The number of hydrogen-bond acceptors (Lipinski definition) is 3. The summed E-state index contributed by atoms with van der Waals surface area (Å²) in [6.45, 7) is 0.366. The summed E-state index contributed by atoms with van der Waals surface area (Å²) in [6.07, 6.45) is 5.58. The summed E-state index contributed by atoms with van der Waals surface area (Å²) in [6, 6.07) is 9.90. The standard InChI is InChI=1S/C18H17FN4O/c1-23-11-17(22-12-23)10-21-18(24)14-5-6-16(20-9-14)8-13-3-2-4-15(19)7-13/h2-7,9,11-12H,8,10H2,1H3,(H,21,24). The molecule has 0 spiro atoms. The molecule has 0 atom stereocenters. The summed E-state index contributed by atoms with van der Waals surface area (Å²) in [5.74, 6) is -0.469. The molecule has 0 fully saturated rings. The van der Waals surface area contributed by atoms with Gasteiger partial charge >= 0.3 is 0 Å². The van der Waals surface area contributed by atoms with E-state index in [1.807, 2.05) is 23.9 Å². The molecule has 0 unspecified atom stereocenters. The zero-order valence-corrected chi connectivity index (χ0v) is 13.2. The lowest BCUT2D eigenvalue weighted by Crippen LogP contribution is -2.23. The first-order chi connectivity index (χ1) is 11.6. The SMILES string of the molecule is Cn1cnc(CNC(=O)c2ccc(Cc3cccc(F)c3)nc2)c1. The van der Waals surface area contributed by atoms with E-state index in [0.29, 0.717) is 18.5 Å². The monoisotopic (exact) mass is 324 g/mol. The lowest BCUT2D eigenvalue weighted by molar-refractivity contribution is 0.0950. The number of benzene rings is 1. The molecule has 2 aromatic heterocycles. The lowest BCUT2D eigenvalue weighted by atomic mass is 10.1. The number of imidazole rings is 1. The van der Waals surface area contributed by atoms with Crippen molar-refractivity contribution in [3.8, 4) is 0 Å². The Morgan fingerprint density at radius 1 is 1.21 bits per heavy atom. The van der Waals surface area contributed by atoms with Crippen LogP contribution in [0.15, 0.2) is 55.1 Å². The number of halogens is 1. The molecular formula is C18H17FN4O. The summed E-state index contributed by atoms with van der Waals surface area (Å²) >= 11 is 0. The molecule has 0 saturated heterocycles. The van der Waals surface area contributed by atoms with Crippen molar-refractivity contribution in [1.82, 2.24) is 19.9 Å². The average Bonchev–Trinajstić information content (AvgIpc) is 2.99. The molecule has 0 saturated carbocycles. The Morgan fingerprint density at radius 3 is 2.75 bits per heavy atom. The minimum Gasteiger partial charge on any atom is -0.346 e. The van der Waals surface area contributed by atoms with Gasteiger partial charge in [0, 0.05) is 31.6 Å². The molecule has 0 aliphatic carbocycles. The van der Waals surface area contributed by atoms with Crippen LogP contribution < -0.4 is 5.32 Å². The van der Waals surface area contributed by atoms with Crippen molar-refractivity contribution in [3.63, 3.8) is 0 Å². The highest BCUT2D eigenvalue weighted by molar-refractivity contribution is 5.93. The van der Waals surface area contributed by atoms with Gasteiger partial charge in [0.05, 0.1) is 24.1 Å². The number of nitrogens with zero attached hydrogens (tertiary/aromatic N) is 3. The average molecular weight is 324 g/mol. The molecule has 1 N–H and O–H groups in total. The largest absolute Gasteiger partial charge is 0.346 e. The molecule has 122 valence electrons. The van der Waals surface area contributed by atoms with Gasteiger partial charge < -0.3 is 9.88 Å². The van der Waals surface area contributed by atoms with Crippen LogP contribution in [0.3, 0.4) is 0 Å². The predicted molar refractivity (Wildman–Crippen MR) is 87.8 cm³/mol. The molecule has 3 rings (SSSR count). The first-order valence-corrected chi connectivity index (χ1v) is 7.54. The second kappa shape index (κ2) is 7.04. The smallest absolute Gasteiger partial charge is 0.253 e.